The molecule has 1 saturated heterocycles. The highest BCUT2D eigenvalue weighted by atomic mass is 35.5. The van der Waals surface area contributed by atoms with E-state index in [1.54, 1.807) is 32.9 Å². The van der Waals surface area contributed by atoms with Crippen LogP contribution in [0.2, 0.25) is 4.34 Å². The zero-order chi connectivity index (χ0) is 19.0. The molecule has 1 aromatic rings. The van der Waals surface area contributed by atoms with Crippen LogP contribution in [0.25, 0.3) is 0 Å². The summed E-state index contributed by atoms with van der Waals surface area (Å²) >= 11 is 6.96. The Hall–Kier alpha value is -1.80. The normalized spacial score (nSPS) is 23.4. The van der Waals surface area contributed by atoms with E-state index in [0.29, 0.717) is 9.21 Å². The van der Waals surface area contributed by atoms with Crippen LogP contribution in [-0.4, -0.2) is 51.7 Å². The number of carboxylic acids is 1. The minimum Gasteiger partial charge on any atom is -0.480 e. The molecule has 1 aliphatic rings. The summed E-state index contributed by atoms with van der Waals surface area (Å²) in [6.07, 6.45) is -0.625. The number of carboxylic acid groups (broad SMARTS) is 1. The Kier molecular flexibility index (Phi) is 5.34. The Balaban J connectivity index is 2.14. The fourth-order valence-electron chi connectivity index (χ4n) is 2.66. The van der Waals surface area contributed by atoms with Gasteiger partial charge in [-0.3, -0.25) is 9.69 Å². The van der Waals surface area contributed by atoms with Gasteiger partial charge in [0.2, 0.25) is 0 Å². The number of thiophene rings is 1. The molecule has 2 heterocycles. The first-order valence-corrected chi connectivity index (χ1v) is 8.92. The van der Waals surface area contributed by atoms with E-state index in [2.05, 4.69) is 5.32 Å². The van der Waals surface area contributed by atoms with Crippen molar-refractivity contribution in [1.29, 1.82) is 0 Å². The van der Waals surface area contributed by atoms with Crippen molar-refractivity contribution >= 4 is 40.9 Å². The summed E-state index contributed by atoms with van der Waals surface area (Å²) in [6.45, 7) is 6.63. The van der Waals surface area contributed by atoms with Gasteiger partial charge in [0.1, 0.15) is 11.1 Å². The first-order valence-electron chi connectivity index (χ1n) is 7.72. The summed E-state index contributed by atoms with van der Waals surface area (Å²) in [5.74, 6) is -1.49. The van der Waals surface area contributed by atoms with Crippen LogP contribution in [-0.2, 0) is 9.53 Å². The standard InChI is InChI=1S/C16H21ClN2O5S/c1-15(2,3)24-14(23)19-8-9(7-16(19,4)13(21)22)18-12(20)10-5-6-11(17)25-10/h5-6,9H,7-8H2,1-4H3,(H,18,20)(H,21,22)/t9-,16+/m1/s1. The Morgan fingerprint density at radius 2 is 2.04 bits per heavy atom. The van der Waals surface area contributed by atoms with Gasteiger partial charge >= 0.3 is 12.1 Å². The van der Waals surface area contributed by atoms with E-state index in [1.165, 1.54) is 6.92 Å². The molecule has 0 radical (unpaired) electrons. The lowest BCUT2D eigenvalue weighted by Crippen LogP contribution is -2.52. The quantitative estimate of drug-likeness (QED) is 0.829. The van der Waals surface area contributed by atoms with Crippen molar-refractivity contribution < 1.29 is 24.2 Å². The van der Waals surface area contributed by atoms with E-state index in [0.717, 1.165) is 16.2 Å². The van der Waals surface area contributed by atoms with Crippen LogP contribution < -0.4 is 5.32 Å². The van der Waals surface area contributed by atoms with Crippen molar-refractivity contribution in [2.75, 3.05) is 6.54 Å². The maximum absolute atomic E-state index is 12.4. The van der Waals surface area contributed by atoms with Crippen LogP contribution in [0.1, 0.15) is 43.8 Å². The third-order valence-electron chi connectivity index (χ3n) is 3.85. The molecule has 0 saturated carbocycles. The molecule has 1 aromatic heterocycles. The summed E-state index contributed by atoms with van der Waals surface area (Å²) in [7, 11) is 0. The molecular formula is C16H21ClN2O5S. The Morgan fingerprint density at radius 3 is 2.52 bits per heavy atom. The number of ether oxygens (including phenoxy) is 1. The highest BCUT2D eigenvalue weighted by Crippen LogP contribution is 2.32. The predicted octanol–water partition coefficient (Wildman–Crippen LogP) is 2.98. The lowest BCUT2D eigenvalue weighted by atomic mass is 9.98. The zero-order valence-corrected chi connectivity index (χ0v) is 16.0. The van der Waals surface area contributed by atoms with Crippen LogP contribution in [0.4, 0.5) is 4.79 Å². The second-order valence-corrected chi connectivity index (χ2v) is 8.86. The van der Waals surface area contributed by atoms with E-state index in [1.807, 2.05) is 0 Å². The van der Waals surface area contributed by atoms with E-state index in [9.17, 15) is 19.5 Å². The molecule has 2 amide bonds. The molecule has 25 heavy (non-hydrogen) atoms. The maximum atomic E-state index is 12.4. The average Bonchev–Trinajstić information content (AvgIpc) is 3.01. The van der Waals surface area contributed by atoms with Crippen LogP contribution >= 0.6 is 22.9 Å². The van der Waals surface area contributed by atoms with Gasteiger partial charge in [-0.05, 0) is 39.8 Å². The molecule has 2 atom stereocenters. The summed E-state index contributed by atoms with van der Waals surface area (Å²) in [6, 6.07) is 2.71. The lowest BCUT2D eigenvalue weighted by Gasteiger charge is -2.32. The zero-order valence-electron chi connectivity index (χ0n) is 14.5. The summed E-state index contributed by atoms with van der Waals surface area (Å²) in [5.41, 5.74) is -2.20. The number of hydrogen-bond acceptors (Lipinski definition) is 5. The molecular weight excluding hydrogens is 368 g/mol. The van der Waals surface area contributed by atoms with Crippen molar-refractivity contribution in [3.8, 4) is 0 Å². The van der Waals surface area contributed by atoms with E-state index in [4.69, 9.17) is 16.3 Å². The lowest BCUT2D eigenvalue weighted by molar-refractivity contribution is -0.148. The number of halogens is 1. The van der Waals surface area contributed by atoms with Gasteiger partial charge in [-0.15, -0.1) is 11.3 Å². The number of aliphatic carboxylic acids is 1. The van der Waals surface area contributed by atoms with Crippen molar-refractivity contribution in [3.63, 3.8) is 0 Å². The van der Waals surface area contributed by atoms with Gasteiger partial charge in [0.05, 0.1) is 9.21 Å². The molecule has 1 aliphatic heterocycles. The van der Waals surface area contributed by atoms with Crippen molar-refractivity contribution in [3.05, 3.63) is 21.3 Å². The number of carbonyl (C=O) groups excluding carboxylic acids is 2. The first-order chi connectivity index (χ1) is 11.4. The van der Waals surface area contributed by atoms with Gasteiger partial charge in [0.25, 0.3) is 5.91 Å². The Bertz CT molecular complexity index is 699. The molecule has 9 heteroatoms. The smallest absolute Gasteiger partial charge is 0.411 e. The van der Waals surface area contributed by atoms with Gasteiger partial charge < -0.3 is 15.2 Å². The van der Waals surface area contributed by atoms with Crippen molar-refractivity contribution in [1.82, 2.24) is 10.2 Å². The highest BCUT2D eigenvalue weighted by Gasteiger charge is 2.51. The number of hydrogen-bond donors (Lipinski definition) is 2. The fourth-order valence-corrected chi connectivity index (χ4v) is 3.61. The Morgan fingerprint density at radius 1 is 1.40 bits per heavy atom. The van der Waals surface area contributed by atoms with Crippen LogP contribution in [0.3, 0.4) is 0 Å². The van der Waals surface area contributed by atoms with Crippen molar-refractivity contribution in [2.24, 2.45) is 0 Å². The van der Waals surface area contributed by atoms with Crippen LogP contribution in [0.5, 0.6) is 0 Å². The predicted molar refractivity (Wildman–Crippen MR) is 94.2 cm³/mol. The van der Waals surface area contributed by atoms with E-state index >= 15 is 0 Å². The topological polar surface area (TPSA) is 95.9 Å². The van der Waals surface area contributed by atoms with Crippen LogP contribution in [0, 0.1) is 0 Å². The van der Waals surface area contributed by atoms with Gasteiger partial charge in [0, 0.05) is 19.0 Å². The first kappa shape index (κ1) is 19.5. The number of amides is 2. The molecule has 7 nitrogen and oxygen atoms in total. The second-order valence-electron chi connectivity index (χ2n) is 7.15. The third kappa shape index (κ3) is 4.43. The SMILES string of the molecule is CC(C)(C)OC(=O)N1C[C@H](NC(=O)c2ccc(Cl)s2)C[C@@]1(C)C(=O)O. The molecule has 0 spiro atoms. The minimum absolute atomic E-state index is 0.0581. The molecule has 0 aromatic carbocycles. The van der Waals surface area contributed by atoms with Gasteiger partial charge in [-0.25, -0.2) is 9.59 Å². The van der Waals surface area contributed by atoms with Crippen molar-refractivity contribution in [2.45, 2.75) is 51.3 Å². The maximum Gasteiger partial charge on any atom is 0.411 e. The average molecular weight is 389 g/mol. The van der Waals surface area contributed by atoms with E-state index < -0.39 is 29.2 Å². The number of carbonyl (C=O) groups is 3. The summed E-state index contributed by atoms with van der Waals surface area (Å²) in [5, 5.41) is 12.4. The molecule has 2 N–H and O–H groups in total. The van der Waals surface area contributed by atoms with Gasteiger partial charge in [-0.2, -0.15) is 0 Å². The van der Waals surface area contributed by atoms with Gasteiger partial charge in [-0.1, -0.05) is 11.6 Å². The third-order valence-corrected chi connectivity index (χ3v) is 5.08. The monoisotopic (exact) mass is 388 g/mol. The van der Waals surface area contributed by atoms with Crippen LogP contribution in [0.15, 0.2) is 12.1 Å². The fraction of sp³-hybridized carbons (Fsp3) is 0.562. The Labute approximate surface area is 154 Å². The molecule has 138 valence electrons. The number of likely N-dealkylation sites (tertiary alicyclic amines) is 1. The summed E-state index contributed by atoms with van der Waals surface area (Å²) < 4.78 is 5.79. The van der Waals surface area contributed by atoms with E-state index in [-0.39, 0.29) is 18.9 Å². The molecule has 1 fully saturated rings. The second kappa shape index (κ2) is 6.84. The summed E-state index contributed by atoms with van der Waals surface area (Å²) in [4.78, 5) is 38.0. The highest BCUT2D eigenvalue weighted by molar-refractivity contribution is 7.18. The molecule has 0 unspecified atom stereocenters. The largest absolute Gasteiger partial charge is 0.480 e. The molecule has 0 bridgehead atoms. The number of rotatable bonds is 3. The molecule has 2 rings (SSSR count). The van der Waals surface area contributed by atoms with Gasteiger partial charge in [0.15, 0.2) is 0 Å². The number of nitrogens with one attached hydrogen (secondary N) is 1. The number of nitrogens with zero attached hydrogens (tertiary/aromatic N) is 1. The molecule has 0 aliphatic carbocycles. The minimum atomic E-state index is -1.45.